The van der Waals surface area contributed by atoms with Crippen LogP contribution in [0, 0.1) is 5.92 Å². The lowest BCUT2D eigenvalue weighted by Gasteiger charge is -2.31. The Hall–Kier alpha value is -2.22. The summed E-state index contributed by atoms with van der Waals surface area (Å²) in [5.74, 6) is 0.157. The van der Waals surface area contributed by atoms with E-state index in [1.54, 1.807) is 0 Å². The fourth-order valence-electron chi connectivity index (χ4n) is 4.11. The molecule has 0 saturated carbocycles. The molecule has 1 aromatic carbocycles. The van der Waals surface area contributed by atoms with E-state index in [1.165, 1.54) is 22.5 Å². The molecule has 7 heteroatoms. The van der Waals surface area contributed by atoms with Crippen LogP contribution in [0.1, 0.15) is 33.6 Å². The van der Waals surface area contributed by atoms with E-state index < -0.39 is 0 Å². The minimum Gasteiger partial charge on any atom is -0.379 e. The molecule has 2 fully saturated rings. The van der Waals surface area contributed by atoms with Crippen molar-refractivity contribution in [2.24, 2.45) is 5.92 Å². The second kappa shape index (κ2) is 10.2. The van der Waals surface area contributed by atoms with Gasteiger partial charge in [-0.2, -0.15) is 0 Å². The van der Waals surface area contributed by atoms with E-state index in [0.717, 1.165) is 50.6 Å². The number of nitrogens with zero attached hydrogens (tertiary/aromatic N) is 2. The molecule has 1 N–H and O–H groups in total. The van der Waals surface area contributed by atoms with Crippen LogP contribution in [0.25, 0.3) is 0 Å². The Kier molecular flexibility index (Phi) is 7.15. The summed E-state index contributed by atoms with van der Waals surface area (Å²) in [5, 5.41) is 5.06. The molecule has 6 nitrogen and oxygen atoms in total. The van der Waals surface area contributed by atoms with Crippen molar-refractivity contribution < 1.29 is 14.3 Å². The summed E-state index contributed by atoms with van der Waals surface area (Å²) in [6.07, 6.45) is 1.44. The number of morpholine rings is 1. The van der Waals surface area contributed by atoms with Gasteiger partial charge in [0.15, 0.2) is 0 Å². The standard InChI is InChI=1S/C23H29N3O3S/c27-22(18-7-9-26(10-8-18)23(28)21-6-3-15-30-21)24-16-19-4-1-2-5-20(19)17-25-11-13-29-14-12-25/h1-6,15,18H,7-14,16-17H2,(H,24,27). The van der Waals surface area contributed by atoms with Gasteiger partial charge < -0.3 is 15.0 Å². The highest BCUT2D eigenvalue weighted by molar-refractivity contribution is 7.12. The number of benzene rings is 1. The molecule has 0 radical (unpaired) electrons. The smallest absolute Gasteiger partial charge is 0.263 e. The lowest BCUT2D eigenvalue weighted by atomic mass is 9.95. The van der Waals surface area contributed by atoms with Gasteiger partial charge in [-0.25, -0.2) is 0 Å². The molecular weight excluding hydrogens is 398 g/mol. The summed E-state index contributed by atoms with van der Waals surface area (Å²) >= 11 is 1.47. The van der Waals surface area contributed by atoms with E-state index >= 15 is 0 Å². The molecule has 0 atom stereocenters. The topological polar surface area (TPSA) is 61.9 Å². The van der Waals surface area contributed by atoms with Crippen LogP contribution in [0.3, 0.4) is 0 Å². The van der Waals surface area contributed by atoms with E-state index in [4.69, 9.17) is 4.74 Å². The van der Waals surface area contributed by atoms with Crippen molar-refractivity contribution in [3.8, 4) is 0 Å². The van der Waals surface area contributed by atoms with Crippen LogP contribution in [0.4, 0.5) is 0 Å². The SMILES string of the molecule is O=C(NCc1ccccc1CN1CCOCC1)C1CCN(C(=O)c2cccs2)CC1. The number of carbonyl (C=O) groups is 2. The van der Waals surface area contributed by atoms with Gasteiger partial charge in [0.05, 0.1) is 18.1 Å². The predicted octanol–water partition coefficient (Wildman–Crippen LogP) is 2.75. The van der Waals surface area contributed by atoms with Crippen LogP contribution in [-0.2, 0) is 22.6 Å². The van der Waals surface area contributed by atoms with Gasteiger partial charge in [0.25, 0.3) is 5.91 Å². The summed E-state index contributed by atoms with van der Waals surface area (Å²) in [6, 6.07) is 12.1. The zero-order valence-electron chi connectivity index (χ0n) is 17.2. The van der Waals surface area contributed by atoms with E-state index in [9.17, 15) is 9.59 Å². The van der Waals surface area contributed by atoms with Gasteiger partial charge >= 0.3 is 0 Å². The third-order valence-electron chi connectivity index (χ3n) is 5.95. The van der Waals surface area contributed by atoms with E-state index in [2.05, 4.69) is 28.4 Å². The monoisotopic (exact) mass is 427 g/mol. The zero-order chi connectivity index (χ0) is 20.8. The van der Waals surface area contributed by atoms with Crippen LogP contribution in [0.2, 0.25) is 0 Å². The maximum Gasteiger partial charge on any atom is 0.263 e. The molecule has 30 heavy (non-hydrogen) atoms. The second-order valence-electron chi connectivity index (χ2n) is 7.92. The Bertz CT molecular complexity index is 841. The summed E-state index contributed by atoms with van der Waals surface area (Å²) in [7, 11) is 0. The number of carbonyl (C=O) groups excluding carboxylic acids is 2. The van der Waals surface area contributed by atoms with Crippen LogP contribution in [-0.4, -0.2) is 61.0 Å². The molecule has 4 rings (SSSR count). The van der Waals surface area contributed by atoms with Crippen molar-refractivity contribution in [1.29, 1.82) is 0 Å². The lowest BCUT2D eigenvalue weighted by molar-refractivity contribution is -0.126. The zero-order valence-corrected chi connectivity index (χ0v) is 18.0. The molecule has 3 heterocycles. The predicted molar refractivity (Wildman–Crippen MR) is 117 cm³/mol. The van der Waals surface area contributed by atoms with Crippen molar-refractivity contribution in [1.82, 2.24) is 15.1 Å². The molecule has 0 spiro atoms. The Labute approximate surface area is 181 Å². The lowest BCUT2D eigenvalue weighted by Crippen LogP contribution is -2.42. The van der Waals surface area contributed by atoms with Crippen molar-refractivity contribution in [3.05, 3.63) is 57.8 Å². The summed E-state index contributed by atoms with van der Waals surface area (Å²) < 4.78 is 5.43. The summed E-state index contributed by atoms with van der Waals surface area (Å²) in [4.78, 5) is 30.2. The second-order valence-corrected chi connectivity index (χ2v) is 8.87. The fourth-order valence-corrected chi connectivity index (χ4v) is 4.80. The Balaban J connectivity index is 1.27. The van der Waals surface area contributed by atoms with Crippen LogP contribution in [0.15, 0.2) is 41.8 Å². The van der Waals surface area contributed by atoms with E-state index in [1.807, 2.05) is 28.5 Å². The van der Waals surface area contributed by atoms with Gasteiger partial charge in [-0.3, -0.25) is 14.5 Å². The first kappa shape index (κ1) is 21.0. The number of piperidine rings is 1. The summed E-state index contributed by atoms with van der Waals surface area (Å²) in [5.41, 5.74) is 2.43. The van der Waals surface area contributed by atoms with Crippen molar-refractivity contribution >= 4 is 23.2 Å². The van der Waals surface area contributed by atoms with Gasteiger partial charge in [-0.1, -0.05) is 30.3 Å². The maximum atomic E-state index is 12.7. The van der Waals surface area contributed by atoms with Gasteiger partial charge in [-0.15, -0.1) is 11.3 Å². The van der Waals surface area contributed by atoms with Crippen molar-refractivity contribution in [2.45, 2.75) is 25.9 Å². The number of ether oxygens (including phenoxy) is 1. The average Bonchev–Trinajstić information content (AvgIpc) is 3.34. The van der Waals surface area contributed by atoms with Gasteiger partial charge in [-0.05, 0) is 35.4 Å². The minimum absolute atomic E-state index is 0.0243. The van der Waals surface area contributed by atoms with Gasteiger partial charge in [0.2, 0.25) is 5.91 Å². The Morgan fingerprint density at radius 3 is 2.43 bits per heavy atom. The van der Waals surface area contributed by atoms with Crippen LogP contribution >= 0.6 is 11.3 Å². The molecule has 0 aliphatic carbocycles. The third kappa shape index (κ3) is 5.28. The summed E-state index contributed by atoms with van der Waals surface area (Å²) in [6.45, 7) is 6.18. The Morgan fingerprint density at radius 1 is 1.00 bits per heavy atom. The highest BCUT2D eigenvalue weighted by Crippen LogP contribution is 2.21. The number of hydrogen-bond donors (Lipinski definition) is 1. The molecule has 160 valence electrons. The average molecular weight is 428 g/mol. The van der Waals surface area contributed by atoms with Crippen molar-refractivity contribution in [3.63, 3.8) is 0 Å². The quantitative estimate of drug-likeness (QED) is 0.770. The molecule has 2 saturated heterocycles. The molecule has 0 bridgehead atoms. The van der Waals surface area contributed by atoms with Gasteiger partial charge in [0.1, 0.15) is 0 Å². The molecular formula is C23H29N3O3S. The minimum atomic E-state index is -0.0243. The number of likely N-dealkylation sites (tertiary alicyclic amines) is 1. The molecule has 2 aliphatic heterocycles. The molecule has 2 amide bonds. The number of rotatable bonds is 6. The number of nitrogens with one attached hydrogen (secondary N) is 1. The van der Waals surface area contributed by atoms with Gasteiger partial charge in [0, 0.05) is 45.2 Å². The fraction of sp³-hybridized carbons (Fsp3) is 0.478. The maximum absolute atomic E-state index is 12.7. The normalized spacial score (nSPS) is 18.3. The first-order valence-electron chi connectivity index (χ1n) is 10.7. The third-order valence-corrected chi connectivity index (χ3v) is 6.81. The Morgan fingerprint density at radius 2 is 1.73 bits per heavy atom. The van der Waals surface area contributed by atoms with Crippen LogP contribution in [0.5, 0.6) is 0 Å². The highest BCUT2D eigenvalue weighted by atomic mass is 32.1. The molecule has 0 unspecified atom stereocenters. The largest absolute Gasteiger partial charge is 0.379 e. The number of thiophene rings is 1. The first-order valence-corrected chi connectivity index (χ1v) is 11.6. The number of hydrogen-bond acceptors (Lipinski definition) is 5. The molecule has 2 aromatic rings. The first-order chi connectivity index (χ1) is 14.7. The van der Waals surface area contributed by atoms with E-state index in [0.29, 0.717) is 19.6 Å². The van der Waals surface area contributed by atoms with Crippen LogP contribution < -0.4 is 5.32 Å². The molecule has 2 aliphatic rings. The van der Waals surface area contributed by atoms with E-state index in [-0.39, 0.29) is 17.7 Å². The molecule has 1 aromatic heterocycles. The number of amides is 2. The van der Waals surface area contributed by atoms with Crippen molar-refractivity contribution in [2.75, 3.05) is 39.4 Å². The highest BCUT2D eigenvalue weighted by Gasteiger charge is 2.28.